The molecule has 98 valence electrons. The number of carbonyl (C=O) groups excluding carboxylic acids is 1. The molecule has 0 bridgehead atoms. The largest absolute Gasteiger partial charge is 0.481 e. The van der Waals surface area contributed by atoms with Crippen LogP contribution in [0.2, 0.25) is 10.0 Å². The van der Waals surface area contributed by atoms with E-state index in [1.165, 1.54) is 0 Å². The maximum atomic E-state index is 11.5. The van der Waals surface area contributed by atoms with Crippen molar-refractivity contribution in [2.75, 3.05) is 18.4 Å². The number of carbonyl (C=O) groups is 2. The van der Waals surface area contributed by atoms with Gasteiger partial charge in [0.05, 0.1) is 23.7 Å². The number of carboxylic acid groups (broad SMARTS) is 1. The minimum atomic E-state index is -0.916. The van der Waals surface area contributed by atoms with Crippen LogP contribution < -0.4 is 10.6 Å². The van der Waals surface area contributed by atoms with Crippen LogP contribution in [0, 0.1) is 0 Å². The quantitative estimate of drug-likeness (QED) is 0.700. The summed E-state index contributed by atoms with van der Waals surface area (Å²) in [6.07, 6.45) is -0.0365. The molecule has 0 aliphatic rings. The first-order chi connectivity index (χ1) is 8.49. The van der Waals surface area contributed by atoms with Gasteiger partial charge in [-0.1, -0.05) is 23.2 Å². The number of aliphatic carboxylic acids is 1. The lowest BCUT2D eigenvalue weighted by atomic mass is 10.3. The van der Waals surface area contributed by atoms with Gasteiger partial charge in [0, 0.05) is 11.6 Å². The molecule has 0 saturated carbocycles. The van der Waals surface area contributed by atoms with E-state index in [9.17, 15) is 9.59 Å². The van der Waals surface area contributed by atoms with E-state index in [-0.39, 0.29) is 25.4 Å². The van der Waals surface area contributed by atoms with E-state index in [0.717, 1.165) is 0 Å². The third kappa shape index (κ3) is 5.35. The van der Waals surface area contributed by atoms with Crippen LogP contribution in [-0.4, -0.2) is 30.1 Å². The number of anilines is 1. The van der Waals surface area contributed by atoms with Gasteiger partial charge >= 0.3 is 5.97 Å². The average Bonchev–Trinajstić information content (AvgIpc) is 2.29. The third-order valence-corrected chi connectivity index (χ3v) is 2.57. The summed E-state index contributed by atoms with van der Waals surface area (Å²) >= 11 is 11.6. The highest BCUT2D eigenvalue weighted by Crippen LogP contribution is 2.25. The highest BCUT2D eigenvalue weighted by Gasteiger charge is 2.06. The van der Waals surface area contributed by atoms with Crippen LogP contribution in [0.3, 0.4) is 0 Å². The smallest absolute Gasteiger partial charge is 0.304 e. The highest BCUT2D eigenvalue weighted by atomic mass is 35.5. The van der Waals surface area contributed by atoms with Gasteiger partial charge in [0.15, 0.2) is 0 Å². The van der Waals surface area contributed by atoms with Gasteiger partial charge in [-0.25, -0.2) is 0 Å². The minimum absolute atomic E-state index is 0.0100. The van der Waals surface area contributed by atoms with E-state index in [0.29, 0.717) is 15.7 Å². The van der Waals surface area contributed by atoms with Crippen LogP contribution in [0.4, 0.5) is 5.69 Å². The fourth-order valence-corrected chi connectivity index (χ4v) is 1.52. The van der Waals surface area contributed by atoms with E-state index < -0.39 is 5.97 Å². The fraction of sp³-hybridized carbons (Fsp3) is 0.273. The van der Waals surface area contributed by atoms with Gasteiger partial charge < -0.3 is 15.7 Å². The summed E-state index contributed by atoms with van der Waals surface area (Å²) in [5.41, 5.74) is 0.425. The Morgan fingerprint density at radius 1 is 1.28 bits per heavy atom. The lowest BCUT2D eigenvalue weighted by Crippen LogP contribution is -2.29. The molecule has 0 unspecified atom stereocenters. The predicted molar refractivity (Wildman–Crippen MR) is 70.2 cm³/mol. The summed E-state index contributed by atoms with van der Waals surface area (Å²) in [4.78, 5) is 21.7. The SMILES string of the molecule is O=C(O)CCNCC(=O)Nc1cc(Cl)ccc1Cl. The fourth-order valence-electron chi connectivity index (χ4n) is 1.18. The summed E-state index contributed by atoms with van der Waals surface area (Å²) in [6, 6.07) is 4.74. The molecular formula is C11H12Cl2N2O3. The first-order valence-corrected chi connectivity index (χ1v) is 5.92. The van der Waals surface area contributed by atoms with E-state index in [1.807, 2.05) is 0 Å². The van der Waals surface area contributed by atoms with E-state index in [4.69, 9.17) is 28.3 Å². The topological polar surface area (TPSA) is 78.4 Å². The van der Waals surface area contributed by atoms with Crippen molar-refractivity contribution in [1.82, 2.24) is 5.32 Å². The second-order valence-electron chi connectivity index (χ2n) is 3.49. The van der Waals surface area contributed by atoms with Crippen LogP contribution in [-0.2, 0) is 9.59 Å². The van der Waals surface area contributed by atoms with Crippen molar-refractivity contribution in [2.45, 2.75) is 6.42 Å². The van der Waals surface area contributed by atoms with Gasteiger partial charge in [-0.05, 0) is 18.2 Å². The molecule has 1 aromatic carbocycles. The first-order valence-electron chi connectivity index (χ1n) is 5.16. The van der Waals surface area contributed by atoms with Crippen molar-refractivity contribution < 1.29 is 14.7 Å². The second kappa shape index (κ2) is 7.20. The number of nitrogens with one attached hydrogen (secondary N) is 2. The molecule has 0 heterocycles. The molecular weight excluding hydrogens is 279 g/mol. The third-order valence-electron chi connectivity index (χ3n) is 2.00. The molecule has 1 amide bonds. The van der Waals surface area contributed by atoms with Crippen LogP contribution in [0.1, 0.15) is 6.42 Å². The van der Waals surface area contributed by atoms with Gasteiger partial charge in [0.1, 0.15) is 0 Å². The zero-order chi connectivity index (χ0) is 13.5. The van der Waals surface area contributed by atoms with E-state index >= 15 is 0 Å². The Morgan fingerprint density at radius 3 is 2.67 bits per heavy atom. The Kier molecular flexibility index (Phi) is 5.91. The molecule has 18 heavy (non-hydrogen) atoms. The number of halogens is 2. The maximum Gasteiger partial charge on any atom is 0.304 e. The van der Waals surface area contributed by atoms with E-state index in [1.54, 1.807) is 18.2 Å². The Balaban J connectivity index is 2.40. The zero-order valence-corrected chi connectivity index (χ0v) is 10.9. The molecule has 0 radical (unpaired) electrons. The summed E-state index contributed by atoms with van der Waals surface area (Å²) in [6.45, 7) is 0.238. The molecule has 5 nitrogen and oxygen atoms in total. The van der Waals surface area contributed by atoms with Gasteiger partial charge in [-0.15, -0.1) is 0 Å². The standard InChI is InChI=1S/C11H12Cl2N2O3/c12-7-1-2-8(13)9(5-7)15-10(16)6-14-4-3-11(17)18/h1-2,5,14H,3-4,6H2,(H,15,16)(H,17,18). The van der Waals surface area contributed by atoms with Crippen molar-refractivity contribution in [2.24, 2.45) is 0 Å². The Labute approximate surface area is 114 Å². The maximum absolute atomic E-state index is 11.5. The van der Waals surface area contributed by atoms with Gasteiger partial charge in [0.2, 0.25) is 5.91 Å². The number of benzene rings is 1. The highest BCUT2D eigenvalue weighted by molar-refractivity contribution is 6.35. The number of amides is 1. The average molecular weight is 291 g/mol. The molecule has 0 aliphatic heterocycles. The number of hydrogen-bond donors (Lipinski definition) is 3. The number of hydrogen-bond acceptors (Lipinski definition) is 3. The molecule has 1 aromatic rings. The van der Waals surface area contributed by atoms with Gasteiger partial charge in [0.25, 0.3) is 0 Å². The van der Waals surface area contributed by atoms with E-state index in [2.05, 4.69) is 10.6 Å². The lowest BCUT2D eigenvalue weighted by Gasteiger charge is -2.08. The second-order valence-corrected chi connectivity index (χ2v) is 4.34. The molecule has 0 saturated heterocycles. The minimum Gasteiger partial charge on any atom is -0.481 e. The summed E-state index contributed by atoms with van der Waals surface area (Å²) in [7, 11) is 0. The molecule has 0 fully saturated rings. The number of carboxylic acids is 1. The summed E-state index contributed by atoms with van der Waals surface area (Å²) in [5, 5.41) is 14.5. The van der Waals surface area contributed by atoms with Crippen LogP contribution >= 0.6 is 23.2 Å². The van der Waals surface area contributed by atoms with Crippen molar-refractivity contribution in [3.8, 4) is 0 Å². The molecule has 3 N–H and O–H groups in total. The molecule has 0 spiro atoms. The Morgan fingerprint density at radius 2 is 2.00 bits per heavy atom. The molecule has 0 atom stereocenters. The van der Waals surface area contributed by atoms with Crippen LogP contribution in [0.15, 0.2) is 18.2 Å². The van der Waals surface area contributed by atoms with Crippen molar-refractivity contribution in [3.63, 3.8) is 0 Å². The lowest BCUT2D eigenvalue weighted by molar-refractivity contribution is -0.137. The van der Waals surface area contributed by atoms with Gasteiger partial charge in [-0.3, -0.25) is 9.59 Å². The van der Waals surface area contributed by atoms with Gasteiger partial charge in [-0.2, -0.15) is 0 Å². The monoisotopic (exact) mass is 290 g/mol. The molecule has 0 aliphatic carbocycles. The molecule has 0 aromatic heterocycles. The molecule has 1 rings (SSSR count). The zero-order valence-electron chi connectivity index (χ0n) is 9.37. The normalized spacial score (nSPS) is 10.1. The van der Waals surface area contributed by atoms with Crippen molar-refractivity contribution in [1.29, 1.82) is 0 Å². The van der Waals surface area contributed by atoms with Crippen LogP contribution in [0.5, 0.6) is 0 Å². The number of rotatable bonds is 6. The summed E-state index contributed by atoms with van der Waals surface area (Å²) in [5.74, 6) is -1.23. The summed E-state index contributed by atoms with van der Waals surface area (Å²) < 4.78 is 0. The predicted octanol–water partition coefficient (Wildman–Crippen LogP) is 2.00. The van der Waals surface area contributed by atoms with Crippen molar-refractivity contribution in [3.05, 3.63) is 28.2 Å². The van der Waals surface area contributed by atoms with Crippen molar-refractivity contribution >= 4 is 40.8 Å². The molecule has 7 heteroatoms. The Hall–Kier alpha value is -1.30. The Bertz CT molecular complexity index is 452. The first kappa shape index (κ1) is 14.8. The van der Waals surface area contributed by atoms with Crippen LogP contribution in [0.25, 0.3) is 0 Å².